The third-order valence-corrected chi connectivity index (χ3v) is 3.96. The van der Waals surface area contributed by atoms with E-state index in [9.17, 15) is 9.59 Å². The van der Waals surface area contributed by atoms with E-state index in [1.165, 1.54) is 12.1 Å². The zero-order chi connectivity index (χ0) is 18.6. The topological polar surface area (TPSA) is 81.4 Å². The summed E-state index contributed by atoms with van der Waals surface area (Å²) >= 11 is 5.87. The van der Waals surface area contributed by atoms with Gasteiger partial charge in [0.1, 0.15) is 5.75 Å². The third-order valence-electron chi connectivity index (χ3n) is 3.72. The number of rotatable bonds is 6. The summed E-state index contributed by atoms with van der Waals surface area (Å²) in [7, 11) is 0. The highest BCUT2D eigenvalue weighted by atomic mass is 35.5. The van der Waals surface area contributed by atoms with Crippen molar-refractivity contribution < 1.29 is 14.3 Å². The Hall–Kier alpha value is -2.53. The Morgan fingerprint density at radius 3 is 2.44 bits per heavy atom. The van der Waals surface area contributed by atoms with E-state index >= 15 is 0 Å². The van der Waals surface area contributed by atoms with Crippen molar-refractivity contribution in [3.8, 4) is 5.75 Å². The first-order valence-electron chi connectivity index (χ1n) is 7.95. The van der Waals surface area contributed by atoms with Crippen LogP contribution in [0.15, 0.2) is 42.5 Å². The summed E-state index contributed by atoms with van der Waals surface area (Å²) in [5.74, 6) is -0.504. The van der Waals surface area contributed by atoms with Gasteiger partial charge < -0.3 is 15.8 Å². The summed E-state index contributed by atoms with van der Waals surface area (Å²) in [5.41, 5.74) is 7.24. The van der Waals surface area contributed by atoms with Gasteiger partial charge in [0, 0.05) is 10.7 Å². The minimum absolute atomic E-state index is 0.134. The smallest absolute Gasteiger partial charge is 0.265 e. The molecule has 0 aliphatic rings. The number of benzene rings is 2. The molecule has 2 aromatic rings. The van der Waals surface area contributed by atoms with Gasteiger partial charge in [-0.1, -0.05) is 43.6 Å². The summed E-state index contributed by atoms with van der Waals surface area (Å²) in [6, 6.07) is 12.1. The minimum Gasteiger partial charge on any atom is -0.480 e. The Labute approximate surface area is 152 Å². The molecule has 0 radical (unpaired) electrons. The Morgan fingerprint density at radius 2 is 1.80 bits per heavy atom. The van der Waals surface area contributed by atoms with Crippen LogP contribution in [0.4, 0.5) is 5.69 Å². The Morgan fingerprint density at radius 1 is 1.12 bits per heavy atom. The molecule has 0 aliphatic carbocycles. The SMILES string of the molecule is CC(Oc1ccc(Cl)cc1C(N)=O)C(=O)Nc1ccccc1C(C)C. The largest absolute Gasteiger partial charge is 0.480 e. The number of para-hydroxylation sites is 1. The van der Waals surface area contributed by atoms with Crippen LogP contribution in [0.3, 0.4) is 0 Å². The molecule has 25 heavy (non-hydrogen) atoms. The number of nitrogens with one attached hydrogen (secondary N) is 1. The summed E-state index contributed by atoms with van der Waals surface area (Å²) in [4.78, 5) is 24.0. The van der Waals surface area contributed by atoms with Gasteiger partial charge in [-0.05, 0) is 42.7 Å². The highest BCUT2D eigenvalue weighted by Gasteiger charge is 2.19. The molecule has 6 heteroatoms. The average molecular weight is 361 g/mol. The van der Waals surface area contributed by atoms with Crippen LogP contribution >= 0.6 is 11.6 Å². The number of nitrogens with two attached hydrogens (primary N) is 1. The third kappa shape index (κ3) is 4.73. The molecule has 0 fully saturated rings. The van der Waals surface area contributed by atoms with Crippen LogP contribution in [0.1, 0.15) is 42.6 Å². The van der Waals surface area contributed by atoms with Gasteiger partial charge >= 0.3 is 0 Å². The first kappa shape index (κ1) is 18.8. The van der Waals surface area contributed by atoms with Gasteiger partial charge in [-0.15, -0.1) is 0 Å². The molecule has 1 unspecified atom stereocenters. The monoisotopic (exact) mass is 360 g/mol. The lowest BCUT2D eigenvalue weighted by atomic mass is 10.0. The van der Waals surface area contributed by atoms with Gasteiger partial charge in [-0.2, -0.15) is 0 Å². The van der Waals surface area contributed by atoms with Crippen LogP contribution in [-0.4, -0.2) is 17.9 Å². The van der Waals surface area contributed by atoms with Gasteiger partial charge in [-0.3, -0.25) is 9.59 Å². The van der Waals surface area contributed by atoms with Gasteiger partial charge in [0.25, 0.3) is 11.8 Å². The maximum Gasteiger partial charge on any atom is 0.265 e. The summed E-state index contributed by atoms with van der Waals surface area (Å²) < 4.78 is 5.62. The number of halogens is 1. The maximum absolute atomic E-state index is 12.5. The van der Waals surface area contributed by atoms with Crippen molar-refractivity contribution in [1.82, 2.24) is 0 Å². The number of carbonyl (C=O) groups excluding carboxylic acids is 2. The molecule has 1 atom stereocenters. The fourth-order valence-electron chi connectivity index (χ4n) is 2.39. The van der Waals surface area contributed by atoms with Crippen LogP contribution in [0.2, 0.25) is 5.02 Å². The average Bonchev–Trinajstić information content (AvgIpc) is 2.56. The first-order chi connectivity index (χ1) is 11.8. The van der Waals surface area contributed by atoms with Crippen LogP contribution in [0, 0.1) is 0 Å². The van der Waals surface area contributed by atoms with Crippen molar-refractivity contribution in [2.45, 2.75) is 32.8 Å². The number of amides is 2. The van der Waals surface area contributed by atoms with Crippen LogP contribution < -0.4 is 15.8 Å². The number of hydrogen-bond acceptors (Lipinski definition) is 3. The second-order valence-electron chi connectivity index (χ2n) is 6.00. The number of carbonyl (C=O) groups is 2. The lowest BCUT2D eigenvalue weighted by Gasteiger charge is -2.18. The second-order valence-corrected chi connectivity index (χ2v) is 6.43. The second kappa shape index (κ2) is 8.03. The number of hydrogen-bond donors (Lipinski definition) is 2. The molecule has 2 amide bonds. The number of ether oxygens (including phenoxy) is 1. The predicted molar refractivity (Wildman–Crippen MR) is 99.2 cm³/mol. The van der Waals surface area contributed by atoms with E-state index in [1.807, 2.05) is 24.3 Å². The molecular formula is C19H21ClN2O3. The van der Waals surface area contributed by atoms with E-state index in [0.29, 0.717) is 5.02 Å². The highest BCUT2D eigenvalue weighted by Crippen LogP contribution is 2.26. The molecule has 0 bridgehead atoms. The van der Waals surface area contributed by atoms with Crippen LogP contribution in [-0.2, 0) is 4.79 Å². The number of primary amides is 1. The van der Waals surface area contributed by atoms with Crippen LogP contribution in [0.5, 0.6) is 5.75 Å². The maximum atomic E-state index is 12.5. The van der Waals surface area contributed by atoms with Crippen molar-refractivity contribution in [3.05, 3.63) is 58.6 Å². The van der Waals surface area contributed by atoms with Gasteiger partial charge in [0.05, 0.1) is 5.56 Å². The molecule has 0 saturated carbocycles. The van der Waals surface area contributed by atoms with E-state index in [4.69, 9.17) is 22.1 Å². The van der Waals surface area contributed by atoms with E-state index in [1.54, 1.807) is 13.0 Å². The lowest BCUT2D eigenvalue weighted by molar-refractivity contribution is -0.122. The molecule has 0 aromatic heterocycles. The van der Waals surface area contributed by atoms with Crippen molar-refractivity contribution in [2.24, 2.45) is 5.73 Å². The summed E-state index contributed by atoms with van der Waals surface area (Å²) in [6.45, 7) is 5.71. The first-order valence-corrected chi connectivity index (χ1v) is 8.33. The van der Waals surface area contributed by atoms with Gasteiger partial charge in [-0.25, -0.2) is 0 Å². The fraction of sp³-hybridized carbons (Fsp3) is 0.263. The standard InChI is InChI=1S/C19H21ClN2O3/c1-11(2)14-6-4-5-7-16(14)22-19(24)12(3)25-17-9-8-13(20)10-15(17)18(21)23/h4-12H,1-3H3,(H2,21,23)(H,22,24). The van der Waals surface area contributed by atoms with Crippen molar-refractivity contribution in [2.75, 3.05) is 5.32 Å². The van der Waals surface area contributed by atoms with Gasteiger partial charge in [0.2, 0.25) is 0 Å². The predicted octanol–water partition coefficient (Wildman–Crippen LogP) is 3.97. The molecule has 2 aromatic carbocycles. The van der Waals surface area contributed by atoms with Crippen molar-refractivity contribution >= 4 is 29.1 Å². The Balaban J connectivity index is 2.16. The highest BCUT2D eigenvalue weighted by molar-refractivity contribution is 6.31. The Kier molecular flexibility index (Phi) is 6.04. The molecule has 3 N–H and O–H groups in total. The zero-order valence-electron chi connectivity index (χ0n) is 14.4. The molecular weight excluding hydrogens is 340 g/mol. The zero-order valence-corrected chi connectivity index (χ0v) is 15.1. The normalized spacial score (nSPS) is 11.9. The fourth-order valence-corrected chi connectivity index (χ4v) is 2.56. The van der Waals surface area contributed by atoms with Crippen molar-refractivity contribution in [3.63, 3.8) is 0 Å². The van der Waals surface area contributed by atoms with E-state index in [0.717, 1.165) is 11.3 Å². The summed E-state index contributed by atoms with van der Waals surface area (Å²) in [5, 5.41) is 3.23. The Bertz CT molecular complexity index is 790. The lowest BCUT2D eigenvalue weighted by Crippen LogP contribution is -2.31. The van der Waals surface area contributed by atoms with Crippen LogP contribution in [0.25, 0.3) is 0 Å². The molecule has 0 heterocycles. The van der Waals surface area contributed by atoms with Gasteiger partial charge in [0.15, 0.2) is 6.10 Å². The molecule has 0 aliphatic heterocycles. The molecule has 132 valence electrons. The van der Waals surface area contributed by atoms with E-state index < -0.39 is 12.0 Å². The van der Waals surface area contributed by atoms with E-state index in [2.05, 4.69) is 19.2 Å². The molecule has 2 rings (SSSR count). The number of anilines is 1. The minimum atomic E-state index is -0.820. The van der Waals surface area contributed by atoms with E-state index in [-0.39, 0.29) is 23.1 Å². The quantitative estimate of drug-likeness (QED) is 0.817. The summed E-state index contributed by atoms with van der Waals surface area (Å²) in [6.07, 6.45) is -0.820. The van der Waals surface area contributed by atoms with Crippen molar-refractivity contribution in [1.29, 1.82) is 0 Å². The molecule has 0 saturated heterocycles. The molecule has 5 nitrogen and oxygen atoms in total. The molecule has 0 spiro atoms.